The quantitative estimate of drug-likeness (QED) is 0.777. The van der Waals surface area contributed by atoms with Crippen LogP contribution in [0.5, 0.6) is 5.75 Å². The first kappa shape index (κ1) is 12.4. The topological polar surface area (TPSA) is 44.1 Å². The van der Waals surface area contributed by atoms with Gasteiger partial charge in [-0.2, -0.15) is 0 Å². The zero-order valence-electron chi connectivity index (χ0n) is 10.8. The average molecular weight is 244 g/mol. The molecule has 0 aliphatic carbocycles. The predicted octanol–water partition coefficient (Wildman–Crippen LogP) is 2.69. The van der Waals surface area contributed by atoms with Crippen molar-refractivity contribution in [1.82, 2.24) is 9.55 Å². The first-order chi connectivity index (χ1) is 8.61. The molecule has 0 N–H and O–H groups in total. The molecule has 1 aromatic carbocycles. The molecule has 0 spiro atoms. The van der Waals surface area contributed by atoms with E-state index in [1.165, 1.54) is 0 Å². The van der Waals surface area contributed by atoms with Crippen LogP contribution in [-0.2, 0) is 7.05 Å². The maximum atomic E-state index is 10.9. The van der Waals surface area contributed by atoms with Gasteiger partial charge in [-0.1, -0.05) is 0 Å². The molecule has 0 saturated heterocycles. The fourth-order valence-corrected chi connectivity index (χ4v) is 1.85. The minimum Gasteiger partial charge on any atom is -0.491 e. The third-order valence-corrected chi connectivity index (χ3v) is 2.58. The highest BCUT2D eigenvalue weighted by Crippen LogP contribution is 2.24. The van der Waals surface area contributed by atoms with E-state index in [9.17, 15) is 4.79 Å². The molecule has 0 bridgehead atoms. The SMILES string of the molecule is CC(C)Oc1ccc(-c2c(C=O)ncn2C)cc1. The Bertz CT molecular complexity index is 541. The van der Waals surface area contributed by atoms with E-state index in [0.29, 0.717) is 5.69 Å². The second-order valence-corrected chi connectivity index (χ2v) is 4.40. The smallest absolute Gasteiger partial charge is 0.170 e. The number of aldehydes is 1. The van der Waals surface area contributed by atoms with Crippen LogP contribution < -0.4 is 4.74 Å². The van der Waals surface area contributed by atoms with Crippen molar-refractivity contribution in [3.63, 3.8) is 0 Å². The molecule has 4 nitrogen and oxygen atoms in total. The highest BCUT2D eigenvalue weighted by atomic mass is 16.5. The summed E-state index contributed by atoms with van der Waals surface area (Å²) in [5, 5.41) is 0. The first-order valence-electron chi connectivity index (χ1n) is 5.85. The lowest BCUT2D eigenvalue weighted by molar-refractivity contribution is 0.112. The zero-order chi connectivity index (χ0) is 13.1. The molecule has 0 amide bonds. The van der Waals surface area contributed by atoms with E-state index < -0.39 is 0 Å². The number of ether oxygens (including phenoxy) is 1. The third kappa shape index (κ3) is 2.42. The molecule has 0 aliphatic heterocycles. The summed E-state index contributed by atoms with van der Waals surface area (Å²) in [4.78, 5) is 15.0. The van der Waals surface area contributed by atoms with Gasteiger partial charge in [0.05, 0.1) is 18.1 Å². The third-order valence-electron chi connectivity index (χ3n) is 2.58. The van der Waals surface area contributed by atoms with Gasteiger partial charge in [0.1, 0.15) is 11.4 Å². The zero-order valence-corrected chi connectivity index (χ0v) is 10.8. The lowest BCUT2D eigenvalue weighted by atomic mass is 10.1. The van der Waals surface area contributed by atoms with E-state index >= 15 is 0 Å². The van der Waals surface area contributed by atoms with Crippen LogP contribution in [0.1, 0.15) is 24.3 Å². The highest BCUT2D eigenvalue weighted by molar-refractivity contribution is 5.83. The Labute approximate surface area is 106 Å². The molecule has 0 saturated carbocycles. The average Bonchev–Trinajstić information content (AvgIpc) is 2.71. The molecule has 2 rings (SSSR count). The van der Waals surface area contributed by atoms with E-state index in [-0.39, 0.29) is 6.10 Å². The van der Waals surface area contributed by atoms with Gasteiger partial charge in [0.2, 0.25) is 0 Å². The lowest BCUT2D eigenvalue weighted by Crippen LogP contribution is -2.05. The van der Waals surface area contributed by atoms with Gasteiger partial charge < -0.3 is 9.30 Å². The minimum absolute atomic E-state index is 0.151. The highest BCUT2D eigenvalue weighted by Gasteiger charge is 2.10. The molecule has 0 aliphatic rings. The summed E-state index contributed by atoms with van der Waals surface area (Å²) in [5.74, 6) is 0.823. The second kappa shape index (κ2) is 5.04. The first-order valence-corrected chi connectivity index (χ1v) is 5.85. The molecular weight excluding hydrogens is 228 g/mol. The number of aryl methyl sites for hydroxylation is 1. The van der Waals surface area contributed by atoms with Crippen molar-refractivity contribution in [2.24, 2.45) is 7.05 Å². The van der Waals surface area contributed by atoms with Crippen molar-refractivity contribution in [3.8, 4) is 17.0 Å². The summed E-state index contributed by atoms with van der Waals surface area (Å²) in [6.45, 7) is 3.97. The molecule has 1 aromatic heterocycles. The molecule has 94 valence electrons. The van der Waals surface area contributed by atoms with E-state index in [4.69, 9.17) is 4.74 Å². The number of hydrogen-bond acceptors (Lipinski definition) is 3. The molecule has 4 heteroatoms. The van der Waals surface area contributed by atoms with Crippen LogP contribution in [0.4, 0.5) is 0 Å². The minimum atomic E-state index is 0.151. The monoisotopic (exact) mass is 244 g/mol. The summed E-state index contributed by atoms with van der Waals surface area (Å²) >= 11 is 0. The molecule has 18 heavy (non-hydrogen) atoms. The Morgan fingerprint density at radius 1 is 1.28 bits per heavy atom. The van der Waals surface area contributed by atoms with Crippen molar-refractivity contribution in [3.05, 3.63) is 36.3 Å². The largest absolute Gasteiger partial charge is 0.491 e. The lowest BCUT2D eigenvalue weighted by Gasteiger charge is -2.10. The van der Waals surface area contributed by atoms with Crippen LogP contribution in [-0.4, -0.2) is 21.9 Å². The molecule has 0 radical (unpaired) electrons. The number of rotatable bonds is 4. The van der Waals surface area contributed by atoms with Crippen LogP contribution in [0.15, 0.2) is 30.6 Å². The Kier molecular flexibility index (Phi) is 3.46. The Morgan fingerprint density at radius 3 is 2.50 bits per heavy atom. The Balaban J connectivity index is 2.34. The maximum absolute atomic E-state index is 10.9. The number of benzene rings is 1. The number of carbonyl (C=O) groups excluding carboxylic acids is 1. The molecule has 2 aromatic rings. The van der Waals surface area contributed by atoms with Crippen LogP contribution in [0, 0.1) is 0 Å². The van der Waals surface area contributed by atoms with Crippen molar-refractivity contribution >= 4 is 6.29 Å². The fourth-order valence-electron chi connectivity index (χ4n) is 1.85. The normalized spacial score (nSPS) is 10.7. The van der Waals surface area contributed by atoms with E-state index in [2.05, 4.69) is 4.98 Å². The standard InChI is InChI=1S/C14H16N2O2/c1-10(2)18-12-6-4-11(5-7-12)14-13(8-17)15-9-16(14)3/h4-10H,1-3H3. The van der Waals surface area contributed by atoms with Gasteiger partial charge in [0.15, 0.2) is 6.29 Å². The Hall–Kier alpha value is -2.10. The fraction of sp³-hybridized carbons (Fsp3) is 0.286. The number of imidazole rings is 1. The summed E-state index contributed by atoms with van der Waals surface area (Å²) in [5.41, 5.74) is 2.23. The summed E-state index contributed by atoms with van der Waals surface area (Å²) in [6.07, 6.45) is 2.56. The number of carbonyl (C=O) groups is 1. The number of aromatic nitrogens is 2. The molecule has 0 fully saturated rings. The van der Waals surface area contributed by atoms with Crippen LogP contribution >= 0.6 is 0 Å². The summed E-state index contributed by atoms with van der Waals surface area (Å²) < 4.78 is 7.42. The van der Waals surface area contributed by atoms with E-state index in [1.54, 1.807) is 6.33 Å². The number of hydrogen-bond donors (Lipinski definition) is 0. The Morgan fingerprint density at radius 2 is 1.94 bits per heavy atom. The summed E-state index contributed by atoms with van der Waals surface area (Å²) in [7, 11) is 1.87. The summed E-state index contributed by atoms with van der Waals surface area (Å²) in [6, 6.07) is 7.66. The van der Waals surface area contributed by atoms with E-state index in [0.717, 1.165) is 23.3 Å². The van der Waals surface area contributed by atoms with Crippen LogP contribution in [0.2, 0.25) is 0 Å². The van der Waals surface area contributed by atoms with Gasteiger partial charge in [0, 0.05) is 12.6 Å². The van der Waals surface area contributed by atoms with Crippen molar-refractivity contribution in [1.29, 1.82) is 0 Å². The van der Waals surface area contributed by atoms with E-state index in [1.807, 2.05) is 49.7 Å². The molecule has 0 atom stereocenters. The number of nitrogens with zero attached hydrogens (tertiary/aromatic N) is 2. The van der Waals surface area contributed by atoms with Crippen LogP contribution in [0.25, 0.3) is 11.3 Å². The van der Waals surface area contributed by atoms with Crippen molar-refractivity contribution < 1.29 is 9.53 Å². The van der Waals surface area contributed by atoms with Gasteiger partial charge in [-0.3, -0.25) is 4.79 Å². The van der Waals surface area contributed by atoms with Gasteiger partial charge in [-0.05, 0) is 38.1 Å². The van der Waals surface area contributed by atoms with Gasteiger partial charge in [-0.25, -0.2) is 4.98 Å². The van der Waals surface area contributed by atoms with Gasteiger partial charge >= 0.3 is 0 Å². The predicted molar refractivity (Wildman–Crippen MR) is 69.8 cm³/mol. The molecule has 1 heterocycles. The van der Waals surface area contributed by atoms with Crippen molar-refractivity contribution in [2.75, 3.05) is 0 Å². The molecule has 0 unspecified atom stereocenters. The van der Waals surface area contributed by atoms with Crippen LogP contribution in [0.3, 0.4) is 0 Å². The van der Waals surface area contributed by atoms with Gasteiger partial charge in [0.25, 0.3) is 0 Å². The maximum Gasteiger partial charge on any atom is 0.170 e. The van der Waals surface area contributed by atoms with Gasteiger partial charge in [-0.15, -0.1) is 0 Å². The molecular formula is C14H16N2O2. The second-order valence-electron chi connectivity index (χ2n) is 4.40. The van der Waals surface area contributed by atoms with Crippen molar-refractivity contribution in [2.45, 2.75) is 20.0 Å².